The number of amides is 2. The minimum atomic E-state index is -0.624. The quantitative estimate of drug-likeness (QED) is 0.688. The van der Waals surface area contributed by atoms with Crippen LogP contribution < -0.4 is 10.6 Å². The summed E-state index contributed by atoms with van der Waals surface area (Å²) in [6, 6.07) is 13.8. The van der Waals surface area contributed by atoms with Crippen LogP contribution >= 0.6 is 0 Å². The summed E-state index contributed by atoms with van der Waals surface area (Å²) in [5.74, 6) is -0.203. The van der Waals surface area contributed by atoms with Crippen LogP contribution in [0.3, 0.4) is 0 Å². The Hall–Kier alpha value is -2.89. The van der Waals surface area contributed by atoms with Crippen molar-refractivity contribution in [1.82, 2.24) is 10.6 Å². The molecule has 1 aliphatic rings. The zero-order valence-corrected chi connectivity index (χ0v) is 17.6. The van der Waals surface area contributed by atoms with E-state index in [1.54, 1.807) is 0 Å². The third kappa shape index (κ3) is 5.81. The first-order valence-corrected chi connectivity index (χ1v) is 10.6. The molecule has 6 heteroatoms. The van der Waals surface area contributed by atoms with Crippen LogP contribution in [-0.2, 0) is 25.5 Å². The van der Waals surface area contributed by atoms with Gasteiger partial charge in [-0.1, -0.05) is 69.2 Å². The van der Waals surface area contributed by atoms with E-state index in [0.29, 0.717) is 11.8 Å². The molecule has 0 aliphatic heterocycles. The van der Waals surface area contributed by atoms with Crippen LogP contribution in [0.15, 0.2) is 42.5 Å². The van der Waals surface area contributed by atoms with Gasteiger partial charge in [-0.15, -0.1) is 0 Å². The first-order valence-electron chi connectivity index (χ1n) is 10.6. The van der Waals surface area contributed by atoms with Gasteiger partial charge in [0.05, 0.1) is 6.42 Å². The highest BCUT2D eigenvalue weighted by Gasteiger charge is 2.28. The molecule has 2 aromatic carbocycles. The number of hydrogen-bond donors (Lipinski definition) is 2. The highest BCUT2D eigenvalue weighted by molar-refractivity contribution is 5.91. The molecule has 2 aromatic rings. The van der Waals surface area contributed by atoms with Crippen molar-refractivity contribution in [3.63, 3.8) is 0 Å². The third-order valence-corrected chi connectivity index (χ3v) is 6.08. The van der Waals surface area contributed by atoms with Gasteiger partial charge >= 0.3 is 5.97 Å². The molecule has 160 valence electrons. The SMILES string of the molecule is C[C@H]1[C@@H](NC(=O)COC(=O)CNC(=O)Cc2cccc3ccccc23)CCC[C@@H]1C. The second kappa shape index (κ2) is 10.2. The van der Waals surface area contributed by atoms with Crippen molar-refractivity contribution in [1.29, 1.82) is 0 Å². The summed E-state index contributed by atoms with van der Waals surface area (Å²) in [4.78, 5) is 36.2. The number of benzene rings is 2. The summed E-state index contributed by atoms with van der Waals surface area (Å²) in [5.41, 5.74) is 0.897. The average Bonchev–Trinajstić information content (AvgIpc) is 2.74. The fourth-order valence-corrected chi connectivity index (χ4v) is 4.08. The minimum Gasteiger partial charge on any atom is -0.454 e. The molecule has 0 aromatic heterocycles. The van der Waals surface area contributed by atoms with Gasteiger partial charge in [0, 0.05) is 6.04 Å². The average molecular weight is 411 g/mol. The van der Waals surface area contributed by atoms with Crippen molar-refractivity contribution in [2.45, 2.75) is 45.6 Å². The molecule has 0 bridgehead atoms. The number of fused-ring (bicyclic) bond motifs is 1. The van der Waals surface area contributed by atoms with Gasteiger partial charge in [-0.2, -0.15) is 0 Å². The van der Waals surface area contributed by atoms with Gasteiger partial charge in [-0.3, -0.25) is 14.4 Å². The fraction of sp³-hybridized carbons (Fsp3) is 0.458. The molecule has 1 fully saturated rings. The van der Waals surface area contributed by atoms with Crippen LogP contribution in [0.2, 0.25) is 0 Å². The first kappa shape index (κ1) is 21.8. The lowest BCUT2D eigenvalue weighted by Gasteiger charge is -2.34. The number of carbonyl (C=O) groups is 3. The minimum absolute atomic E-state index is 0.125. The van der Waals surface area contributed by atoms with Gasteiger partial charge in [0.1, 0.15) is 6.54 Å². The predicted octanol–water partition coefficient (Wildman–Crippen LogP) is 2.98. The molecular formula is C24H30N2O4. The Morgan fingerprint density at radius 1 is 1.00 bits per heavy atom. The second-order valence-corrected chi connectivity index (χ2v) is 8.19. The summed E-state index contributed by atoms with van der Waals surface area (Å²) in [6.45, 7) is 3.76. The largest absolute Gasteiger partial charge is 0.454 e. The van der Waals surface area contributed by atoms with Crippen LogP contribution in [0.5, 0.6) is 0 Å². The summed E-state index contributed by atoms with van der Waals surface area (Å²) in [6.07, 6.45) is 3.41. The lowest BCUT2D eigenvalue weighted by Crippen LogP contribution is -2.45. The van der Waals surface area contributed by atoms with Gasteiger partial charge in [0.15, 0.2) is 6.61 Å². The van der Waals surface area contributed by atoms with Gasteiger partial charge in [-0.05, 0) is 34.6 Å². The molecule has 2 N–H and O–H groups in total. The molecule has 0 unspecified atom stereocenters. The topological polar surface area (TPSA) is 84.5 Å². The molecule has 0 heterocycles. The van der Waals surface area contributed by atoms with E-state index >= 15 is 0 Å². The van der Waals surface area contributed by atoms with Crippen LogP contribution in [0.25, 0.3) is 10.8 Å². The molecule has 2 amide bonds. The molecule has 3 rings (SSSR count). The first-order chi connectivity index (χ1) is 14.4. The van der Waals surface area contributed by atoms with E-state index in [1.165, 1.54) is 6.42 Å². The van der Waals surface area contributed by atoms with E-state index in [0.717, 1.165) is 29.2 Å². The number of hydrogen-bond acceptors (Lipinski definition) is 4. The number of carbonyl (C=O) groups excluding carboxylic acids is 3. The highest BCUT2D eigenvalue weighted by Crippen LogP contribution is 2.29. The Labute approximate surface area is 177 Å². The summed E-state index contributed by atoms with van der Waals surface area (Å²) in [5, 5.41) is 7.61. The molecule has 0 spiro atoms. The summed E-state index contributed by atoms with van der Waals surface area (Å²) >= 11 is 0. The zero-order chi connectivity index (χ0) is 21.5. The molecule has 6 nitrogen and oxygen atoms in total. The van der Waals surface area contributed by atoms with Crippen LogP contribution in [0, 0.1) is 11.8 Å². The van der Waals surface area contributed by atoms with E-state index < -0.39 is 5.97 Å². The van der Waals surface area contributed by atoms with E-state index in [1.807, 2.05) is 42.5 Å². The van der Waals surface area contributed by atoms with Crippen LogP contribution in [0.4, 0.5) is 0 Å². The Morgan fingerprint density at radius 2 is 1.77 bits per heavy atom. The molecule has 0 saturated heterocycles. The lowest BCUT2D eigenvalue weighted by molar-refractivity contribution is -0.148. The summed E-state index contributed by atoms with van der Waals surface area (Å²) < 4.78 is 5.01. The second-order valence-electron chi connectivity index (χ2n) is 8.19. The Morgan fingerprint density at radius 3 is 2.60 bits per heavy atom. The fourth-order valence-electron chi connectivity index (χ4n) is 4.08. The van der Waals surface area contributed by atoms with Crippen LogP contribution in [-0.4, -0.2) is 37.0 Å². The summed E-state index contributed by atoms with van der Waals surface area (Å²) in [7, 11) is 0. The van der Waals surface area contributed by atoms with Crippen LogP contribution in [0.1, 0.15) is 38.7 Å². The van der Waals surface area contributed by atoms with Crippen molar-refractivity contribution >= 4 is 28.6 Å². The van der Waals surface area contributed by atoms with Crippen molar-refractivity contribution in [2.24, 2.45) is 11.8 Å². The maximum Gasteiger partial charge on any atom is 0.325 e. The van der Waals surface area contributed by atoms with Gasteiger partial charge < -0.3 is 15.4 Å². The monoisotopic (exact) mass is 410 g/mol. The number of nitrogens with one attached hydrogen (secondary N) is 2. The number of rotatable bonds is 7. The number of esters is 1. The molecule has 30 heavy (non-hydrogen) atoms. The maximum absolute atomic E-state index is 12.2. The smallest absolute Gasteiger partial charge is 0.325 e. The van der Waals surface area contributed by atoms with Gasteiger partial charge in [0.25, 0.3) is 5.91 Å². The van der Waals surface area contributed by atoms with E-state index in [4.69, 9.17) is 4.74 Å². The Kier molecular flexibility index (Phi) is 7.44. The molecule has 1 aliphatic carbocycles. The van der Waals surface area contributed by atoms with Gasteiger partial charge in [0.2, 0.25) is 5.91 Å². The standard InChI is InChI=1S/C24H30N2O4/c1-16-7-5-12-21(17(16)2)26-23(28)15-30-24(29)14-25-22(27)13-19-10-6-9-18-8-3-4-11-20(18)19/h3-4,6,8-11,16-17,21H,5,7,12-15H2,1-2H3,(H,25,27)(H,26,28)/t16-,17+,21-/m0/s1. The third-order valence-electron chi connectivity index (χ3n) is 6.08. The zero-order valence-electron chi connectivity index (χ0n) is 17.6. The molecule has 1 saturated carbocycles. The normalized spacial score (nSPS) is 21.1. The van der Waals surface area contributed by atoms with E-state index in [9.17, 15) is 14.4 Å². The predicted molar refractivity (Wildman–Crippen MR) is 116 cm³/mol. The number of ether oxygens (including phenoxy) is 1. The lowest BCUT2D eigenvalue weighted by atomic mass is 9.78. The molecule has 3 atom stereocenters. The highest BCUT2D eigenvalue weighted by atomic mass is 16.5. The Balaban J connectivity index is 1.40. The van der Waals surface area contributed by atoms with E-state index in [2.05, 4.69) is 24.5 Å². The molecular weight excluding hydrogens is 380 g/mol. The van der Waals surface area contributed by atoms with Crippen molar-refractivity contribution in [3.8, 4) is 0 Å². The van der Waals surface area contributed by atoms with E-state index in [-0.39, 0.29) is 37.4 Å². The Bertz CT molecular complexity index is 906. The van der Waals surface area contributed by atoms with Gasteiger partial charge in [-0.25, -0.2) is 0 Å². The molecule has 0 radical (unpaired) electrons. The van der Waals surface area contributed by atoms with Crippen molar-refractivity contribution < 1.29 is 19.1 Å². The maximum atomic E-state index is 12.2. The van der Waals surface area contributed by atoms with Crippen molar-refractivity contribution in [3.05, 3.63) is 48.0 Å². The van der Waals surface area contributed by atoms with Crippen molar-refractivity contribution in [2.75, 3.05) is 13.2 Å².